The number of nitrogens with two attached hydrogens (primary N) is 1. The number of nitrogen functional groups attached to an aromatic ring is 1. The van der Waals surface area contributed by atoms with E-state index in [2.05, 4.69) is 20.9 Å². The first-order valence-electron chi connectivity index (χ1n) is 9.52. The zero-order valence-corrected chi connectivity index (χ0v) is 18.9. The minimum Gasteiger partial charge on any atom is -0.423 e. The first-order valence-corrected chi connectivity index (χ1v) is 10.7. The number of hydrogen-bond donors (Lipinski definition) is 1. The molecular formula is C24H11BrClN3O4. The van der Waals surface area contributed by atoms with Gasteiger partial charge >= 0.3 is 11.3 Å². The number of anilines is 1. The lowest BCUT2D eigenvalue weighted by Gasteiger charge is -2.12. The second-order valence-corrected chi connectivity index (χ2v) is 8.53. The van der Waals surface area contributed by atoms with E-state index in [-0.39, 0.29) is 28.2 Å². The molecule has 0 fully saturated rings. The number of pyridine rings is 1. The number of nitrogens with zero attached hydrogens (tertiary/aromatic N) is 2. The van der Waals surface area contributed by atoms with Crippen molar-refractivity contribution in [3.63, 3.8) is 0 Å². The van der Waals surface area contributed by atoms with Crippen molar-refractivity contribution < 1.29 is 8.83 Å². The molecule has 0 saturated heterocycles. The molecule has 33 heavy (non-hydrogen) atoms. The number of benzene rings is 2. The highest BCUT2D eigenvalue weighted by Gasteiger charge is 2.19. The van der Waals surface area contributed by atoms with Crippen LogP contribution in [0.5, 0.6) is 0 Å². The van der Waals surface area contributed by atoms with Crippen LogP contribution in [-0.2, 0) is 0 Å². The number of aromatic nitrogens is 1. The van der Waals surface area contributed by atoms with Crippen LogP contribution in [-0.4, -0.2) is 4.98 Å². The molecule has 5 rings (SSSR count). The summed E-state index contributed by atoms with van der Waals surface area (Å²) in [6, 6.07) is 16.5. The highest BCUT2D eigenvalue weighted by molar-refractivity contribution is 9.10. The van der Waals surface area contributed by atoms with Crippen LogP contribution in [0.15, 0.2) is 77.5 Å². The SMILES string of the molecule is N#Cc1c(-c2cc(=O)oc3ccc(Cl)cc23)cc(-c2cc3cc(Br)ccc3oc2=O)nc1N. The zero-order chi connectivity index (χ0) is 23.3. The quantitative estimate of drug-likeness (QED) is 0.305. The van der Waals surface area contributed by atoms with Gasteiger partial charge in [-0.3, -0.25) is 0 Å². The van der Waals surface area contributed by atoms with Crippen molar-refractivity contribution in [2.75, 3.05) is 5.73 Å². The van der Waals surface area contributed by atoms with E-state index in [9.17, 15) is 14.9 Å². The number of rotatable bonds is 2. The lowest BCUT2D eigenvalue weighted by Crippen LogP contribution is -2.07. The van der Waals surface area contributed by atoms with Gasteiger partial charge in [-0.05, 0) is 48.5 Å². The maximum Gasteiger partial charge on any atom is 0.345 e. The predicted octanol–water partition coefficient (Wildman–Crippen LogP) is 5.50. The Morgan fingerprint density at radius 1 is 0.939 bits per heavy atom. The molecule has 0 aliphatic heterocycles. The van der Waals surface area contributed by atoms with Crippen LogP contribution in [0, 0.1) is 11.3 Å². The van der Waals surface area contributed by atoms with Crippen molar-refractivity contribution in [1.29, 1.82) is 5.26 Å². The number of nitriles is 1. The summed E-state index contributed by atoms with van der Waals surface area (Å²) in [5.74, 6) is -0.0952. The summed E-state index contributed by atoms with van der Waals surface area (Å²) in [5, 5.41) is 11.4. The molecule has 2 N–H and O–H groups in total. The van der Waals surface area contributed by atoms with Gasteiger partial charge in [0.2, 0.25) is 0 Å². The lowest BCUT2D eigenvalue weighted by atomic mass is 9.96. The molecule has 0 saturated carbocycles. The third-order valence-electron chi connectivity index (χ3n) is 5.12. The summed E-state index contributed by atoms with van der Waals surface area (Å²) in [6.45, 7) is 0. The van der Waals surface area contributed by atoms with Gasteiger partial charge in [-0.25, -0.2) is 14.6 Å². The summed E-state index contributed by atoms with van der Waals surface area (Å²) in [6.07, 6.45) is 0. The maximum absolute atomic E-state index is 12.7. The molecule has 2 aromatic carbocycles. The van der Waals surface area contributed by atoms with Crippen molar-refractivity contribution in [2.45, 2.75) is 0 Å². The molecule has 7 nitrogen and oxygen atoms in total. The van der Waals surface area contributed by atoms with E-state index in [1.54, 1.807) is 42.5 Å². The summed E-state index contributed by atoms with van der Waals surface area (Å²) in [5.41, 5.74) is 6.67. The van der Waals surface area contributed by atoms with Gasteiger partial charge in [0.05, 0.1) is 11.3 Å². The first kappa shape index (κ1) is 20.9. The number of hydrogen-bond acceptors (Lipinski definition) is 7. The Labute approximate surface area is 198 Å². The zero-order valence-electron chi connectivity index (χ0n) is 16.6. The van der Waals surface area contributed by atoms with E-state index in [4.69, 9.17) is 26.2 Å². The molecule has 3 heterocycles. The topological polar surface area (TPSA) is 123 Å². The fraction of sp³-hybridized carbons (Fsp3) is 0. The summed E-state index contributed by atoms with van der Waals surface area (Å²) >= 11 is 9.56. The maximum atomic E-state index is 12.7. The van der Waals surface area contributed by atoms with Gasteiger partial charge in [-0.1, -0.05) is 27.5 Å². The molecule has 0 amide bonds. The van der Waals surface area contributed by atoms with Gasteiger partial charge in [-0.15, -0.1) is 0 Å². The second-order valence-electron chi connectivity index (χ2n) is 7.18. The van der Waals surface area contributed by atoms with Crippen LogP contribution in [0.2, 0.25) is 5.02 Å². The normalized spacial score (nSPS) is 11.1. The van der Waals surface area contributed by atoms with Crippen molar-refractivity contribution in [1.82, 2.24) is 4.98 Å². The molecule has 5 aromatic rings. The molecule has 0 unspecified atom stereocenters. The first-order chi connectivity index (χ1) is 15.8. The molecule has 0 atom stereocenters. The van der Waals surface area contributed by atoms with E-state index in [0.29, 0.717) is 32.5 Å². The summed E-state index contributed by atoms with van der Waals surface area (Å²) in [4.78, 5) is 29.2. The second kappa shape index (κ2) is 7.89. The van der Waals surface area contributed by atoms with Crippen LogP contribution in [0.4, 0.5) is 5.82 Å². The standard InChI is InChI=1S/C24H11BrClN3O4/c25-12-1-3-20-11(5-12)6-17(24(31)33-20)19-8-14(18(10-27)23(28)29-19)15-9-22(30)32-21-4-2-13(26)7-16(15)21/h1-9H,(H2,28,29). The van der Waals surface area contributed by atoms with E-state index in [1.807, 2.05) is 6.07 Å². The van der Waals surface area contributed by atoms with Gasteiger partial charge < -0.3 is 14.6 Å². The fourth-order valence-electron chi connectivity index (χ4n) is 3.66. The van der Waals surface area contributed by atoms with E-state index < -0.39 is 11.3 Å². The highest BCUT2D eigenvalue weighted by Crippen LogP contribution is 2.35. The van der Waals surface area contributed by atoms with Crippen LogP contribution < -0.4 is 17.0 Å². The van der Waals surface area contributed by atoms with Gasteiger partial charge in [0, 0.05) is 37.5 Å². The predicted molar refractivity (Wildman–Crippen MR) is 129 cm³/mol. The fourth-order valence-corrected chi connectivity index (χ4v) is 4.21. The number of halogens is 2. The van der Waals surface area contributed by atoms with E-state index in [1.165, 1.54) is 12.1 Å². The smallest absolute Gasteiger partial charge is 0.345 e. The summed E-state index contributed by atoms with van der Waals surface area (Å²) in [7, 11) is 0. The Morgan fingerprint density at radius 3 is 2.52 bits per heavy atom. The highest BCUT2D eigenvalue weighted by atomic mass is 79.9. The van der Waals surface area contributed by atoms with Gasteiger partial charge in [0.15, 0.2) is 0 Å². The molecule has 9 heteroatoms. The average Bonchev–Trinajstić information content (AvgIpc) is 2.78. The van der Waals surface area contributed by atoms with Crippen molar-refractivity contribution >= 4 is 55.3 Å². The monoisotopic (exact) mass is 519 g/mol. The molecule has 160 valence electrons. The number of fused-ring (bicyclic) bond motifs is 2. The van der Waals surface area contributed by atoms with Gasteiger partial charge in [-0.2, -0.15) is 5.26 Å². The van der Waals surface area contributed by atoms with Crippen LogP contribution >= 0.6 is 27.5 Å². The van der Waals surface area contributed by atoms with Gasteiger partial charge in [0.1, 0.15) is 28.6 Å². The molecular weight excluding hydrogens is 510 g/mol. The van der Waals surface area contributed by atoms with Crippen molar-refractivity contribution in [3.8, 4) is 28.5 Å². The Balaban J connectivity index is 1.84. The third-order valence-corrected chi connectivity index (χ3v) is 5.85. The third kappa shape index (κ3) is 3.67. The van der Waals surface area contributed by atoms with Crippen LogP contribution in [0.1, 0.15) is 5.56 Å². The Bertz CT molecular complexity index is 1770. The van der Waals surface area contributed by atoms with E-state index >= 15 is 0 Å². The Kier molecular flexibility index (Phi) is 5.01. The van der Waals surface area contributed by atoms with Gasteiger partial charge in [0.25, 0.3) is 0 Å². The minimum absolute atomic E-state index is 0.0542. The molecule has 0 radical (unpaired) electrons. The molecule has 0 aliphatic carbocycles. The van der Waals surface area contributed by atoms with Crippen LogP contribution in [0.3, 0.4) is 0 Å². The lowest BCUT2D eigenvalue weighted by molar-refractivity contribution is 0.561. The van der Waals surface area contributed by atoms with Crippen molar-refractivity contribution in [3.05, 3.63) is 90.5 Å². The molecule has 0 bridgehead atoms. The molecule has 0 spiro atoms. The Morgan fingerprint density at radius 2 is 1.73 bits per heavy atom. The Hall–Kier alpha value is -3.93. The summed E-state index contributed by atoms with van der Waals surface area (Å²) < 4.78 is 11.5. The van der Waals surface area contributed by atoms with E-state index in [0.717, 1.165) is 4.47 Å². The largest absolute Gasteiger partial charge is 0.423 e. The molecule has 3 aromatic heterocycles. The van der Waals surface area contributed by atoms with Crippen molar-refractivity contribution in [2.24, 2.45) is 0 Å². The minimum atomic E-state index is -0.618. The van der Waals surface area contributed by atoms with Crippen LogP contribution in [0.25, 0.3) is 44.3 Å². The molecule has 0 aliphatic rings. The average molecular weight is 521 g/mol.